The first kappa shape index (κ1) is 13.9. The molecule has 0 aliphatic carbocycles. The maximum absolute atomic E-state index is 12.3. The molecule has 118 valence electrons. The summed E-state index contributed by atoms with van der Waals surface area (Å²) in [5.41, 5.74) is 1.37. The molecule has 0 saturated heterocycles. The summed E-state index contributed by atoms with van der Waals surface area (Å²) in [4.78, 5) is 24.3. The van der Waals surface area contributed by atoms with Crippen LogP contribution in [0.5, 0.6) is 0 Å². The molecule has 0 unspecified atom stereocenters. The number of carbonyl (C=O) groups excluding carboxylic acids is 2. The maximum atomic E-state index is 12.3. The van der Waals surface area contributed by atoms with Gasteiger partial charge in [-0.25, -0.2) is 4.79 Å². The van der Waals surface area contributed by atoms with Gasteiger partial charge in [-0.05, 0) is 18.1 Å². The number of hydrogen-bond acceptors (Lipinski definition) is 5. The van der Waals surface area contributed by atoms with Gasteiger partial charge in [0.1, 0.15) is 5.82 Å². The predicted molar refractivity (Wildman–Crippen MR) is 79.5 cm³/mol. The second kappa shape index (κ2) is 5.49. The van der Waals surface area contributed by atoms with E-state index in [-0.39, 0.29) is 5.91 Å². The van der Waals surface area contributed by atoms with Crippen LogP contribution in [-0.2, 0) is 35.5 Å². The number of benzene rings is 1. The number of hydrogen-bond donors (Lipinski definition) is 1. The van der Waals surface area contributed by atoms with Crippen molar-refractivity contribution in [2.45, 2.75) is 38.5 Å². The molecule has 2 aliphatic heterocycles. The number of ether oxygens (including phenoxy) is 1. The average Bonchev–Trinajstić information content (AvgIpc) is 3.16. The Balaban J connectivity index is 1.43. The number of aryl methyl sites for hydroxylation is 1. The van der Waals surface area contributed by atoms with Gasteiger partial charge in [0.15, 0.2) is 11.9 Å². The number of carbonyl (C=O) groups is 2. The topological polar surface area (TPSA) is 86.1 Å². The fourth-order valence-corrected chi connectivity index (χ4v) is 3.10. The summed E-state index contributed by atoms with van der Waals surface area (Å²) in [6.45, 7) is 1.18. The molecule has 1 N–H and O–H groups in total. The third kappa shape index (κ3) is 2.48. The Bertz CT molecular complexity index is 783. The van der Waals surface area contributed by atoms with Gasteiger partial charge in [0.2, 0.25) is 0 Å². The van der Waals surface area contributed by atoms with Crippen molar-refractivity contribution in [2.75, 3.05) is 0 Å². The molecular formula is C16H16N4O3. The zero-order chi connectivity index (χ0) is 15.8. The molecule has 2 aliphatic rings. The van der Waals surface area contributed by atoms with Crippen molar-refractivity contribution in [1.29, 1.82) is 0 Å². The zero-order valence-corrected chi connectivity index (χ0v) is 12.5. The van der Waals surface area contributed by atoms with Gasteiger partial charge < -0.3 is 14.6 Å². The number of rotatable bonds is 3. The summed E-state index contributed by atoms with van der Waals surface area (Å²) in [6.07, 6.45) is 1.59. The van der Waals surface area contributed by atoms with Crippen molar-refractivity contribution < 1.29 is 14.3 Å². The molecule has 0 bridgehead atoms. The smallest absolute Gasteiger partial charge is 0.339 e. The van der Waals surface area contributed by atoms with Crippen LogP contribution < -0.4 is 5.32 Å². The monoisotopic (exact) mass is 312 g/mol. The van der Waals surface area contributed by atoms with Crippen molar-refractivity contribution >= 4 is 11.9 Å². The Morgan fingerprint density at radius 2 is 2.22 bits per heavy atom. The van der Waals surface area contributed by atoms with Crippen LogP contribution in [0.3, 0.4) is 0 Å². The number of amides is 1. The Kier molecular flexibility index (Phi) is 3.33. The number of nitrogens with zero attached hydrogens (tertiary/aromatic N) is 3. The summed E-state index contributed by atoms with van der Waals surface area (Å²) in [6, 6.07) is 7.20. The van der Waals surface area contributed by atoms with Crippen molar-refractivity contribution in [2.24, 2.45) is 0 Å². The van der Waals surface area contributed by atoms with E-state index < -0.39 is 12.1 Å². The Labute approximate surface area is 132 Å². The van der Waals surface area contributed by atoms with E-state index in [1.165, 1.54) is 0 Å². The molecule has 0 fully saturated rings. The summed E-state index contributed by atoms with van der Waals surface area (Å²) in [7, 11) is 0. The highest BCUT2D eigenvalue weighted by atomic mass is 16.5. The molecule has 3 heterocycles. The zero-order valence-electron chi connectivity index (χ0n) is 12.5. The third-order valence-electron chi connectivity index (χ3n) is 4.29. The molecule has 7 heteroatoms. The minimum atomic E-state index is -0.793. The van der Waals surface area contributed by atoms with Gasteiger partial charge in [0.25, 0.3) is 5.91 Å². The average molecular weight is 312 g/mol. The van der Waals surface area contributed by atoms with E-state index in [9.17, 15) is 9.59 Å². The highest BCUT2D eigenvalue weighted by molar-refractivity contribution is 5.95. The molecule has 7 nitrogen and oxygen atoms in total. The first-order valence-corrected chi connectivity index (χ1v) is 7.70. The van der Waals surface area contributed by atoms with E-state index in [1.54, 1.807) is 12.1 Å². The van der Waals surface area contributed by atoms with Crippen molar-refractivity contribution in [3.8, 4) is 0 Å². The summed E-state index contributed by atoms with van der Waals surface area (Å²) in [5, 5.41) is 11.0. The second-order valence-corrected chi connectivity index (χ2v) is 5.76. The number of nitrogens with one attached hydrogen (secondary N) is 1. The first-order chi connectivity index (χ1) is 11.2. The van der Waals surface area contributed by atoms with Gasteiger partial charge in [0.05, 0.1) is 12.1 Å². The van der Waals surface area contributed by atoms with E-state index >= 15 is 0 Å². The summed E-state index contributed by atoms with van der Waals surface area (Å²) < 4.78 is 7.27. The number of fused-ring (bicyclic) bond motifs is 2. The molecule has 0 saturated carbocycles. The molecule has 0 spiro atoms. The van der Waals surface area contributed by atoms with Crippen molar-refractivity contribution in [3.63, 3.8) is 0 Å². The highest BCUT2D eigenvalue weighted by Crippen LogP contribution is 2.20. The summed E-state index contributed by atoms with van der Waals surface area (Å²) >= 11 is 0. The molecular weight excluding hydrogens is 296 g/mol. The fourth-order valence-electron chi connectivity index (χ4n) is 3.10. The molecule has 23 heavy (non-hydrogen) atoms. The minimum absolute atomic E-state index is 0.293. The van der Waals surface area contributed by atoms with Crippen LogP contribution in [0, 0.1) is 0 Å². The van der Waals surface area contributed by atoms with E-state index in [0.29, 0.717) is 18.5 Å². The second-order valence-electron chi connectivity index (χ2n) is 5.76. The lowest BCUT2D eigenvalue weighted by molar-refractivity contribution is -0.130. The van der Waals surface area contributed by atoms with Gasteiger partial charge in [-0.1, -0.05) is 18.2 Å². The van der Waals surface area contributed by atoms with Crippen LogP contribution >= 0.6 is 0 Å². The van der Waals surface area contributed by atoms with Crippen LogP contribution in [-0.4, -0.2) is 32.7 Å². The van der Waals surface area contributed by atoms with Crippen LogP contribution in [0.2, 0.25) is 0 Å². The van der Waals surface area contributed by atoms with E-state index in [1.807, 2.05) is 16.7 Å². The van der Waals surface area contributed by atoms with E-state index in [4.69, 9.17) is 4.74 Å². The minimum Gasteiger partial charge on any atom is -0.448 e. The number of cyclic esters (lactones) is 1. The lowest BCUT2D eigenvalue weighted by Crippen LogP contribution is -2.41. The molecule has 1 aromatic heterocycles. The highest BCUT2D eigenvalue weighted by Gasteiger charge is 2.31. The van der Waals surface area contributed by atoms with Crippen LogP contribution in [0.4, 0.5) is 0 Å². The van der Waals surface area contributed by atoms with Crippen molar-refractivity contribution in [3.05, 3.63) is 47.0 Å². The van der Waals surface area contributed by atoms with Gasteiger partial charge in [-0.3, -0.25) is 4.79 Å². The normalized spacial score (nSPS) is 19.0. The maximum Gasteiger partial charge on any atom is 0.339 e. The standard InChI is InChI=1S/C16H16N4O3/c21-15(17-9-14-19-18-13-6-3-7-20(13)14)12-8-10-4-1-2-5-11(10)16(22)23-12/h1-2,4-5,12H,3,6-9H2,(H,17,21)/t12-/m1/s1. The molecule has 0 radical (unpaired) electrons. The molecule has 1 atom stereocenters. The molecule has 4 rings (SSSR count). The lowest BCUT2D eigenvalue weighted by atomic mass is 9.98. The van der Waals surface area contributed by atoms with E-state index in [2.05, 4.69) is 15.5 Å². The van der Waals surface area contributed by atoms with Crippen LogP contribution in [0.15, 0.2) is 24.3 Å². The van der Waals surface area contributed by atoms with Crippen LogP contribution in [0.25, 0.3) is 0 Å². The lowest BCUT2D eigenvalue weighted by Gasteiger charge is -2.23. The SMILES string of the molecule is O=C1O[C@@H](C(=O)NCc2nnc3n2CCC3)Cc2ccccc21. The van der Waals surface area contributed by atoms with Gasteiger partial charge >= 0.3 is 5.97 Å². The Morgan fingerprint density at radius 1 is 1.35 bits per heavy atom. The van der Waals surface area contributed by atoms with Gasteiger partial charge in [-0.15, -0.1) is 10.2 Å². The van der Waals surface area contributed by atoms with Crippen LogP contribution in [0.1, 0.15) is 34.0 Å². The van der Waals surface area contributed by atoms with Gasteiger partial charge in [0, 0.05) is 19.4 Å². The number of aromatic nitrogens is 3. The molecule has 1 amide bonds. The third-order valence-corrected chi connectivity index (χ3v) is 4.29. The molecule has 2 aromatic rings. The largest absolute Gasteiger partial charge is 0.448 e. The molecule has 1 aromatic carbocycles. The Hall–Kier alpha value is -2.70. The first-order valence-electron chi connectivity index (χ1n) is 7.70. The van der Waals surface area contributed by atoms with E-state index in [0.717, 1.165) is 36.6 Å². The van der Waals surface area contributed by atoms with Gasteiger partial charge in [-0.2, -0.15) is 0 Å². The Morgan fingerprint density at radius 3 is 3.13 bits per heavy atom. The quantitative estimate of drug-likeness (QED) is 0.840. The number of esters is 1. The summed E-state index contributed by atoms with van der Waals surface area (Å²) in [5.74, 6) is 0.958. The van der Waals surface area contributed by atoms with Crippen molar-refractivity contribution in [1.82, 2.24) is 20.1 Å². The predicted octanol–water partition coefficient (Wildman–Crippen LogP) is 0.622. The fraction of sp³-hybridized carbons (Fsp3) is 0.375.